The molecule has 0 fully saturated rings. The number of rotatable bonds is 2. The second-order valence-corrected chi connectivity index (χ2v) is 4.56. The zero-order valence-corrected chi connectivity index (χ0v) is 10.7. The van der Waals surface area contributed by atoms with Crippen molar-refractivity contribution < 1.29 is 0 Å². The van der Waals surface area contributed by atoms with E-state index in [0.29, 0.717) is 0 Å². The summed E-state index contributed by atoms with van der Waals surface area (Å²) >= 11 is 0. The minimum Gasteiger partial charge on any atom is -0.324 e. The van der Waals surface area contributed by atoms with Crippen LogP contribution in [-0.4, -0.2) is 9.13 Å². The maximum atomic E-state index is 2.26. The number of aromatic nitrogens is 2. The molecule has 3 aromatic rings. The van der Waals surface area contributed by atoms with Crippen LogP contribution in [-0.2, 0) is 0 Å². The predicted octanol–water partition coefficient (Wildman–Crippen LogP) is 3.88. The molecule has 3 rings (SSSR count). The highest BCUT2D eigenvalue weighted by Crippen LogP contribution is 2.18. The number of aryl methyl sites for hydroxylation is 2. The summed E-state index contributed by atoms with van der Waals surface area (Å²) in [5, 5.41) is 0. The third kappa shape index (κ3) is 1.76. The lowest BCUT2D eigenvalue weighted by Crippen LogP contribution is -1.99. The fourth-order valence-corrected chi connectivity index (χ4v) is 2.36. The monoisotopic (exact) mass is 236 g/mol. The van der Waals surface area contributed by atoms with Gasteiger partial charge in [-0.05, 0) is 62.4 Å². The van der Waals surface area contributed by atoms with Gasteiger partial charge in [0.2, 0.25) is 0 Å². The molecule has 0 saturated carbocycles. The minimum atomic E-state index is 1.19. The van der Waals surface area contributed by atoms with Crippen molar-refractivity contribution in [1.29, 1.82) is 0 Å². The van der Waals surface area contributed by atoms with E-state index in [9.17, 15) is 0 Å². The number of nitrogens with zero attached hydrogens (tertiary/aromatic N) is 2. The van der Waals surface area contributed by atoms with Crippen molar-refractivity contribution in [2.75, 3.05) is 0 Å². The van der Waals surface area contributed by atoms with Crippen LogP contribution in [0.1, 0.15) is 11.4 Å². The highest BCUT2D eigenvalue weighted by Gasteiger charge is 2.03. The van der Waals surface area contributed by atoms with Gasteiger partial charge >= 0.3 is 0 Å². The van der Waals surface area contributed by atoms with Gasteiger partial charge in [-0.15, -0.1) is 0 Å². The molecule has 0 aliphatic rings. The molecule has 0 saturated heterocycles. The Labute approximate surface area is 107 Å². The fourth-order valence-electron chi connectivity index (χ4n) is 2.36. The standard InChI is InChI=1S/C16H16N2/c1-13-5-6-14(2)18(13)16-9-7-15(8-10-16)17-11-3-4-12-17/h3-12H,1-2H3. The van der Waals surface area contributed by atoms with Crippen molar-refractivity contribution >= 4 is 0 Å². The Morgan fingerprint density at radius 2 is 1.17 bits per heavy atom. The molecule has 0 N–H and O–H groups in total. The largest absolute Gasteiger partial charge is 0.324 e. The molecule has 2 heterocycles. The van der Waals surface area contributed by atoms with E-state index in [2.05, 4.69) is 71.8 Å². The fraction of sp³-hybridized carbons (Fsp3) is 0.125. The Hall–Kier alpha value is -2.22. The molecule has 0 aliphatic carbocycles. The zero-order valence-electron chi connectivity index (χ0n) is 10.7. The number of hydrogen-bond acceptors (Lipinski definition) is 0. The van der Waals surface area contributed by atoms with Crippen molar-refractivity contribution in [3.63, 3.8) is 0 Å². The highest BCUT2D eigenvalue weighted by molar-refractivity contribution is 5.44. The normalized spacial score (nSPS) is 10.8. The minimum absolute atomic E-state index is 1.19. The second-order valence-electron chi connectivity index (χ2n) is 4.56. The van der Waals surface area contributed by atoms with Crippen molar-refractivity contribution in [2.24, 2.45) is 0 Å². The van der Waals surface area contributed by atoms with Gasteiger partial charge in [0.1, 0.15) is 0 Å². The van der Waals surface area contributed by atoms with Gasteiger partial charge in [-0.3, -0.25) is 0 Å². The van der Waals surface area contributed by atoms with Crippen LogP contribution in [0.3, 0.4) is 0 Å². The van der Waals surface area contributed by atoms with Crippen LogP contribution < -0.4 is 0 Å². The summed E-state index contributed by atoms with van der Waals surface area (Å²) in [4.78, 5) is 0. The third-order valence-electron chi connectivity index (χ3n) is 3.28. The average molecular weight is 236 g/mol. The van der Waals surface area contributed by atoms with Gasteiger partial charge in [-0.25, -0.2) is 0 Å². The van der Waals surface area contributed by atoms with E-state index < -0.39 is 0 Å². The topological polar surface area (TPSA) is 9.86 Å². The Morgan fingerprint density at radius 3 is 1.72 bits per heavy atom. The molecule has 2 aromatic heterocycles. The van der Waals surface area contributed by atoms with Gasteiger partial charge in [0.15, 0.2) is 0 Å². The van der Waals surface area contributed by atoms with Gasteiger partial charge in [0, 0.05) is 35.2 Å². The molecule has 0 unspecified atom stereocenters. The molecule has 0 spiro atoms. The average Bonchev–Trinajstić information content (AvgIpc) is 3.01. The molecule has 18 heavy (non-hydrogen) atoms. The zero-order chi connectivity index (χ0) is 12.5. The van der Waals surface area contributed by atoms with Gasteiger partial charge in [0.05, 0.1) is 0 Å². The first-order valence-electron chi connectivity index (χ1n) is 6.14. The first-order valence-corrected chi connectivity index (χ1v) is 6.14. The number of hydrogen-bond donors (Lipinski definition) is 0. The van der Waals surface area contributed by atoms with Crippen LogP contribution in [0.15, 0.2) is 60.9 Å². The van der Waals surface area contributed by atoms with Crippen LogP contribution in [0.25, 0.3) is 11.4 Å². The molecule has 1 aromatic carbocycles. The van der Waals surface area contributed by atoms with Crippen LogP contribution in [0.4, 0.5) is 0 Å². The van der Waals surface area contributed by atoms with Gasteiger partial charge < -0.3 is 9.13 Å². The molecular formula is C16H16N2. The molecule has 0 atom stereocenters. The quantitative estimate of drug-likeness (QED) is 0.639. The molecular weight excluding hydrogens is 220 g/mol. The van der Waals surface area contributed by atoms with E-state index >= 15 is 0 Å². The summed E-state index contributed by atoms with van der Waals surface area (Å²) in [5.41, 5.74) is 4.93. The lowest BCUT2D eigenvalue weighted by Gasteiger charge is -2.10. The summed E-state index contributed by atoms with van der Waals surface area (Å²) in [5.74, 6) is 0. The van der Waals surface area contributed by atoms with Crippen molar-refractivity contribution in [3.8, 4) is 11.4 Å². The third-order valence-corrected chi connectivity index (χ3v) is 3.28. The lowest BCUT2D eigenvalue weighted by atomic mass is 10.2. The van der Waals surface area contributed by atoms with E-state index in [-0.39, 0.29) is 0 Å². The highest BCUT2D eigenvalue weighted by atomic mass is 15.0. The molecule has 0 bridgehead atoms. The van der Waals surface area contributed by atoms with E-state index in [4.69, 9.17) is 0 Å². The van der Waals surface area contributed by atoms with Crippen LogP contribution in [0.2, 0.25) is 0 Å². The molecule has 2 nitrogen and oxygen atoms in total. The van der Waals surface area contributed by atoms with Gasteiger partial charge in [-0.1, -0.05) is 0 Å². The van der Waals surface area contributed by atoms with Crippen molar-refractivity contribution in [1.82, 2.24) is 9.13 Å². The van der Waals surface area contributed by atoms with E-state index in [0.717, 1.165) is 0 Å². The smallest absolute Gasteiger partial charge is 0.0456 e. The Morgan fingerprint density at radius 1 is 0.667 bits per heavy atom. The maximum Gasteiger partial charge on any atom is 0.0456 e. The summed E-state index contributed by atoms with van der Waals surface area (Å²) in [6.07, 6.45) is 4.11. The second kappa shape index (κ2) is 4.22. The summed E-state index contributed by atoms with van der Waals surface area (Å²) in [6.45, 7) is 4.26. The molecule has 0 radical (unpaired) electrons. The predicted molar refractivity (Wildman–Crippen MR) is 74.6 cm³/mol. The molecule has 90 valence electrons. The van der Waals surface area contributed by atoms with Crippen LogP contribution in [0, 0.1) is 13.8 Å². The van der Waals surface area contributed by atoms with Gasteiger partial charge in [-0.2, -0.15) is 0 Å². The Balaban J connectivity index is 2.02. The first-order chi connectivity index (χ1) is 8.75. The van der Waals surface area contributed by atoms with Gasteiger partial charge in [0.25, 0.3) is 0 Å². The van der Waals surface area contributed by atoms with Crippen molar-refractivity contribution in [3.05, 3.63) is 72.3 Å². The number of benzene rings is 1. The molecule has 0 aliphatic heterocycles. The van der Waals surface area contributed by atoms with E-state index in [1.807, 2.05) is 12.1 Å². The van der Waals surface area contributed by atoms with Crippen LogP contribution in [0.5, 0.6) is 0 Å². The molecule has 0 amide bonds. The Kier molecular flexibility index (Phi) is 2.56. The van der Waals surface area contributed by atoms with Crippen molar-refractivity contribution in [2.45, 2.75) is 13.8 Å². The van der Waals surface area contributed by atoms with E-state index in [1.165, 1.54) is 22.8 Å². The van der Waals surface area contributed by atoms with Crippen LogP contribution >= 0.6 is 0 Å². The Bertz CT molecular complexity index is 623. The summed E-state index contributed by atoms with van der Waals surface area (Å²) < 4.78 is 4.37. The molecule has 2 heteroatoms. The first kappa shape index (κ1) is 10.9. The SMILES string of the molecule is Cc1ccc(C)n1-c1ccc(-n2cccc2)cc1. The van der Waals surface area contributed by atoms with E-state index in [1.54, 1.807) is 0 Å². The maximum absolute atomic E-state index is 2.26. The summed E-state index contributed by atoms with van der Waals surface area (Å²) in [6, 6.07) is 17.0. The summed E-state index contributed by atoms with van der Waals surface area (Å²) in [7, 11) is 0. The lowest BCUT2D eigenvalue weighted by molar-refractivity contribution is 0.962.